The van der Waals surface area contributed by atoms with Crippen molar-refractivity contribution < 1.29 is 19.4 Å². The van der Waals surface area contributed by atoms with Crippen molar-refractivity contribution >= 4 is 17.4 Å². The second-order valence-corrected chi connectivity index (χ2v) is 8.71. The lowest BCUT2D eigenvalue weighted by molar-refractivity contribution is -0.139. The monoisotopic (exact) mass is 445 g/mol. The number of unbranched alkanes of at least 4 members (excludes halogenated alkanes) is 1. The Labute approximate surface area is 195 Å². The summed E-state index contributed by atoms with van der Waals surface area (Å²) in [6.45, 7) is 6.53. The summed E-state index contributed by atoms with van der Waals surface area (Å²) in [5.74, 6) is -0.681. The lowest BCUT2D eigenvalue weighted by Gasteiger charge is -2.25. The summed E-state index contributed by atoms with van der Waals surface area (Å²) in [7, 11) is 0. The molecule has 1 aliphatic carbocycles. The molecule has 172 valence electrons. The third kappa shape index (κ3) is 4.58. The van der Waals surface area contributed by atoms with Gasteiger partial charge in [0.05, 0.1) is 11.6 Å². The molecule has 1 heterocycles. The van der Waals surface area contributed by atoms with E-state index in [1.807, 2.05) is 49.4 Å². The van der Waals surface area contributed by atoms with Crippen molar-refractivity contribution in [3.05, 3.63) is 82.9 Å². The van der Waals surface area contributed by atoms with Gasteiger partial charge in [-0.25, -0.2) is 0 Å². The van der Waals surface area contributed by atoms with Crippen molar-refractivity contribution in [2.24, 2.45) is 0 Å². The smallest absolute Gasteiger partial charge is 0.295 e. The fourth-order valence-corrected chi connectivity index (χ4v) is 4.75. The number of fused-ring (bicyclic) bond motifs is 1. The van der Waals surface area contributed by atoms with E-state index in [1.165, 1.54) is 17.5 Å². The Balaban J connectivity index is 1.81. The van der Waals surface area contributed by atoms with Crippen molar-refractivity contribution in [1.82, 2.24) is 4.90 Å². The number of aliphatic hydroxyl groups excluding tert-OH is 1. The maximum Gasteiger partial charge on any atom is 0.295 e. The van der Waals surface area contributed by atoms with E-state index in [9.17, 15) is 14.7 Å². The number of carbonyl (C=O) groups is 2. The maximum atomic E-state index is 13.2. The van der Waals surface area contributed by atoms with Gasteiger partial charge in [-0.15, -0.1) is 0 Å². The van der Waals surface area contributed by atoms with Crippen LogP contribution in [0.25, 0.3) is 5.76 Å². The third-order valence-corrected chi connectivity index (χ3v) is 6.46. The minimum Gasteiger partial charge on any atom is -0.507 e. The molecule has 0 aromatic heterocycles. The molecule has 1 atom stereocenters. The number of carbonyl (C=O) groups excluding carboxylic acids is 2. The van der Waals surface area contributed by atoms with Gasteiger partial charge >= 0.3 is 0 Å². The van der Waals surface area contributed by atoms with Crippen molar-refractivity contribution in [3.8, 4) is 5.75 Å². The van der Waals surface area contributed by atoms with Gasteiger partial charge in [-0.3, -0.25) is 9.59 Å². The first kappa shape index (κ1) is 22.8. The van der Waals surface area contributed by atoms with Crippen LogP contribution in [0.4, 0.5) is 0 Å². The predicted molar refractivity (Wildman–Crippen MR) is 129 cm³/mol. The molecular formula is C28H31NO4. The van der Waals surface area contributed by atoms with Crippen LogP contribution in [0.3, 0.4) is 0 Å². The zero-order chi connectivity index (χ0) is 23.4. The summed E-state index contributed by atoms with van der Waals surface area (Å²) in [5.41, 5.74) is 3.99. The average molecular weight is 446 g/mol. The maximum absolute atomic E-state index is 13.2. The van der Waals surface area contributed by atoms with E-state index >= 15 is 0 Å². The van der Waals surface area contributed by atoms with Gasteiger partial charge in [0, 0.05) is 12.1 Å². The number of aryl methyl sites for hydroxylation is 2. The topological polar surface area (TPSA) is 66.8 Å². The molecule has 1 unspecified atom stereocenters. The van der Waals surface area contributed by atoms with Gasteiger partial charge in [-0.05, 0) is 67.0 Å². The normalized spacial score (nSPS) is 19.4. The van der Waals surface area contributed by atoms with Crippen LogP contribution >= 0.6 is 0 Å². The highest BCUT2D eigenvalue weighted by molar-refractivity contribution is 6.46. The Morgan fingerprint density at radius 3 is 2.70 bits per heavy atom. The number of ether oxygens (including phenoxy) is 1. The van der Waals surface area contributed by atoms with Gasteiger partial charge in [0.2, 0.25) is 0 Å². The largest absolute Gasteiger partial charge is 0.507 e. The molecule has 2 aliphatic rings. The molecule has 0 bridgehead atoms. The van der Waals surface area contributed by atoms with Crippen molar-refractivity contribution in [2.45, 2.75) is 51.5 Å². The zero-order valence-electron chi connectivity index (χ0n) is 19.2. The number of rotatable bonds is 8. The number of nitrogens with zero attached hydrogens (tertiary/aromatic N) is 1. The van der Waals surface area contributed by atoms with Crippen molar-refractivity contribution in [3.63, 3.8) is 0 Å². The molecule has 5 nitrogen and oxygen atoms in total. The van der Waals surface area contributed by atoms with Gasteiger partial charge in [0.15, 0.2) is 0 Å². The molecule has 0 spiro atoms. The second kappa shape index (κ2) is 10.1. The van der Waals surface area contributed by atoms with E-state index in [4.69, 9.17) is 4.74 Å². The van der Waals surface area contributed by atoms with Crippen LogP contribution in [0, 0.1) is 0 Å². The van der Waals surface area contributed by atoms with Crippen LogP contribution in [0.2, 0.25) is 0 Å². The summed E-state index contributed by atoms with van der Waals surface area (Å²) in [4.78, 5) is 27.8. The highest BCUT2D eigenvalue weighted by Crippen LogP contribution is 2.40. The summed E-state index contributed by atoms with van der Waals surface area (Å²) >= 11 is 0. The van der Waals surface area contributed by atoms with E-state index in [-0.39, 0.29) is 11.3 Å². The Morgan fingerprint density at radius 2 is 1.94 bits per heavy atom. The van der Waals surface area contributed by atoms with E-state index in [0.29, 0.717) is 24.5 Å². The first-order valence-corrected chi connectivity index (χ1v) is 11.8. The quantitative estimate of drug-likeness (QED) is 0.257. The van der Waals surface area contributed by atoms with E-state index in [0.717, 1.165) is 37.7 Å². The molecular weight excluding hydrogens is 414 g/mol. The molecule has 1 N–H and O–H groups in total. The Morgan fingerprint density at radius 1 is 1.15 bits per heavy atom. The molecule has 5 heteroatoms. The first-order chi connectivity index (χ1) is 16.0. The van der Waals surface area contributed by atoms with Gasteiger partial charge in [-0.1, -0.05) is 50.3 Å². The number of likely N-dealkylation sites (tertiary alicyclic amines) is 1. The first-order valence-electron chi connectivity index (χ1n) is 11.8. The minimum atomic E-state index is -0.653. The fraction of sp³-hybridized carbons (Fsp3) is 0.357. The fourth-order valence-electron chi connectivity index (χ4n) is 4.75. The van der Waals surface area contributed by atoms with Crippen molar-refractivity contribution in [2.75, 3.05) is 13.2 Å². The zero-order valence-corrected chi connectivity index (χ0v) is 19.2. The van der Waals surface area contributed by atoms with Gasteiger partial charge in [-0.2, -0.15) is 0 Å². The Hall–Kier alpha value is -3.34. The second-order valence-electron chi connectivity index (χ2n) is 8.71. The number of Topliss-reactive ketones (excluding diaryl/α,β-unsaturated/α-hetero) is 1. The van der Waals surface area contributed by atoms with Crippen LogP contribution in [0.5, 0.6) is 5.75 Å². The van der Waals surface area contributed by atoms with E-state index in [1.54, 1.807) is 11.0 Å². The molecule has 1 fully saturated rings. The number of benzene rings is 2. The van der Waals surface area contributed by atoms with Gasteiger partial charge in [0.1, 0.15) is 18.1 Å². The molecule has 0 saturated carbocycles. The third-order valence-electron chi connectivity index (χ3n) is 6.46. The molecule has 1 aliphatic heterocycles. The van der Waals surface area contributed by atoms with Crippen LogP contribution in [-0.2, 0) is 22.4 Å². The summed E-state index contributed by atoms with van der Waals surface area (Å²) in [5, 5.41) is 11.3. The number of ketones is 1. The van der Waals surface area contributed by atoms with E-state index in [2.05, 4.69) is 6.58 Å². The molecule has 0 radical (unpaired) electrons. The molecule has 4 rings (SSSR count). The summed E-state index contributed by atoms with van der Waals surface area (Å²) in [6, 6.07) is 12.6. The molecule has 33 heavy (non-hydrogen) atoms. The minimum absolute atomic E-state index is 0.108. The van der Waals surface area contributed by atoms with Gasteiger partial charge < -0.3 is 14.7 Å². The van der Waals surface area contributed by atoms with Crippen molar-refractivity contribution in [1.29, 1.82) is 0 Å². The highest BCUT2D eigenvalue weighted by Gasteiger charge is 2.45. The Bertz CT molecular complexity index is 1100. The number of hydrogen-bond acceptors (Lipinski definition) is 4. The van der Waals surface area contributed by atoms with E-state index < -0.39 is 17.7 Å². The average Bonchev–Trinajstić information content (AvgIpc) is 3.10. The standard InChI is InChI=1S/C28H31NO4/c1-3-5-15-29-25(21-11-8-12-23(18-21)33-16-4-2)24(27(31)28(29)32)26(30)22-14-13-19-9-6-7-10-20(19)17-22/h4,8,11-14,17-18,25,30H,2-3,5-7,9-10,15-16H2,1H3/b26-24-. The number of aliphatic hydroxyl groups is 1. The lowest BCUT2D eigenvalue weighted by atomic mass is 9.88. The number of amides is 1. The van der Waals surface area contributed by atoms with Crippen LogP contribution in [0.1, 0.15) is 60.9 Å². The number of hydrogen-bond donors (Lipinski definition) is 1. The van der Waals surface area contributed by atoms with Crippen LogP contribution < -0.4 is 4.74 Å². The highest BCUT2D eigenvalue weighted by atomic mass is 16.5. The molecule has 1 amide bonds. The predicted octanol–water partition coefficient (Wildman–Crippen LogP) is 5.35. The molecule has 2 aromatic carbocycles. The Kier molecular flexibility index (Phi) is 6.97. The van der Waals surface area contributed by atoms with Crippen LogP contribution in [0.15, 0.2) is 60.7 Å². The molecule has 1 saturated heterocycles. The summed E-state index contributed by atoms with van der Waals surface area (Å²) < 4.78 is 5.68. The summed E-state index contributed by atoms with van der Waals surface area (Å²) in [6.07, 6.45) is 7.62. The molecule has 2 aromatic rings. The SMILES string of the molecule is C=CCOc1cccc(C2/C(=C(/O)c3ccc4c(c3)CCCC4)C(=O)C(=O)N2CCCC)c1. The van der Waals surface area contributed by atoms with Crippen LogP contribution in [-0.4, -0.2) is 34.8 Å². The lowest BCUT2D eigenvalue weighted by Crippen LogP contribution is -2.30. The van der Waals surface area contributed by atoms with Gasteiger partial charge in [0.25, 0.3) is 11.7 Å².